The molecular weight excluding hydrogens is 384 g/mol. The van der Waals surface area contributed by atoms with Crippen LogP contribution in [-0.4, -0.2) is 42.2 Å². The Balaban J connectivity index is 2.20. The average Bonchev–Trinajstić information content (AvgIpc) is 2.64. The zero-order chi connectivity index (χ0) is 20.9. The number of anilines is 1. The molecule has 0 fully saturated rings. The van der Waals surface area contributed by atoms with Crippen LogP contribution in [0.25, 0.3) is 0 Å². The first-order valence-corrected chi connectivity index (χ1v) is 10.0. The molecule has 150 valence electrons. The van der Waals surface area contributed by atoms with Crippen molar-refractivity contribution >= 4 is 27.5 Å². The Bertz CT molecular complexity index is 1020. The van der Waals surface area contributed by atoms with Crippen LogP contribution in [0.3, 0.4) is 0 Å². The number of hydrogen-bond donors (Lipinski definition) is 2. The molecule has 9 nitrogen and oxygen atoms in total. The lowest BCUT2D eigenvalue weighted by Gasteiger charge is -2.19. The summed E-state index contributed by atoms with van der Waals surface area (Å²) >= 11 is 0. The van der Waals surface area contributed by atoms with E-state index in [9.17, 15) is 22.8 Å². The quantitative estimate of drug-likeness (QED) is 0.663. The van der Waals surface area contributed by atoms with Crippen molar-refractivity contribution in [1.29, 1.82) is 0 Å². The zero-order valence-electron chi connectivity index (χ0n) is 15.6. The molecule has 0 atom stereocenters. The maximum atomic E-state index is 12.6. The smallest absolute Gasteiger partial charge is 0.251 e. The van der Waals surface area contributed by atoms with E-state index in [1.54, 1.807) is 13.8 Å². The number of carbonyl (C=O) groups excluding carboxylic acids is 2. The highest BCUT2D eigenvalue weighted by atomic mass is 32.2. The number of aromatic nitrogens is 1. The Kier molecular flexibility index (Phi) is 6.71. The number of nitrogens with one attached hydrogen (secondary N) is 1. The van der Waals surface area contributed by atoms with Gasteiger partial charge in [0.05, 0.1) is 4.90 Å². The molecule has 10 heteroatoms. The Morgan fingerprint density at radius 1 is 1.07 bits per heavy atom. The van der Waals surface area contributed by atoms with Crippen molar-refractivity contribution in [2.24, 2.45) is 5.73 Å². The molecule has 0 saturated carbocycles. The number of nitrogens with zero attached hydrogens (tertiary/aromatic N) is 2. The summed E-state index contributed by atoms with van der Waals surface area (Å²) in [5.74, 6) is -1.11. The fourth-order valence-corrected chi connectivity index (χ4v) is 4.05. The summed E-state index contributed by atoms with van der Waals surface area (Å²) in [6, 6.07) is 8.27. The summed E-state index contributed by atoms with van der Waals surface area (Å²) in [6.45, 7) is 3.65. The fourth-order valence-electron chi connectivity index (χ4n) is 2.57. The number of benzene rings is 1. The molecule has 0 bridgehead atoms. The predicted octanol–water partition coefficient (Wildman–Crippen LogP) is 0.616. The second kappa shape index (κ2) is 8.81. The normalized spacial score (nSPS) is 11.4. The molecule has 1 aromatic carbocycles. The summed E-state index contributed by atoms with van der Waals surface area (Å²) in [7, 11) is -3.75. The average molecular weight is 406 g/mol. The van der Waals surface area contributed by atoms with Crippen LogP contribution in [0.15, 0.2) is 52.3 Å². The van der Waals surface area contributed by atoms with Crippen molar-refractivity contribution in [3.05, 3.63) is 58.5 Å². The Labute approximate surface area is 162 Å². The largest absolute Gasteiger partial charge is 0.366 e. The van der Waals surface area contributed by atoms with Crippen LogP contribution in [0.2, 0.25) is 0 Å². The minimum Gasteiger partial charge on any atom is -0.366 e. The summed E-state index contributed by atoms with van der Waals surface area (Å²) in [5.41, 5.74) is 5.36. The molecule has 0 spiro atoms. The standard InChI is InChI=1S/C18H22N4O5S/c1-3-22(4-2)28(26,27)15-9-10-17(24)21(11-15)12-16(23)20-14-7-5-13(6-8-14)18(19)25/h5-11H,3-4,12H2,1-2H3,(H2,19,25)(H,20,23). The van der Waals surface area contributed by atoms with E-state index in [0.29, 0.717) is 24.3 Å². The van der Waals surface area contributed by atoms with Gasteiger partial charge in [0.15, 0.2) is 0 Å². The molecule has 0 saturated heterocycles. The third kappa shape index (κ3) is 4.84. The van der Waals surface area contributed by atoms with Crippen molar-refractivity contribution in [2.75, 3.05) is 18.4 Å². The lowest BCUT2D eigenvalue weighted by molar-refractivity contribution is -0.116. The molecule has 28 heavy (non-hydrogen) atoms. The second-order valence-corrected chi connectivity index (χ2v) is 7.85. The molecule has 0 radical (unpaired) electrons. The van der Waals surface area contributed by atoms with Gasteiger partial charge >= 0.3 is 0 Å². The summed E-state index contributed by atoms with van der Waals surface area (Å²) in [6.07, 6.45) is 1.16. The van der Waals surface area contributed by atoms with Gasteiger partial charge in [0, 0.05) is 36.6 Å². The van der Waals surface area contributed by atoms with Crippen LogP contribution >= 0.6 is 0 Å². The molecule has 0 aliphatic heterocycles. The first kappa shape index (κ1) is 21.3. The number of hydrogen-bond acceptors (Lipinski definition) is 5. The van der Waals surface area contributed by atoms with Crippen LogP contribution < -0.4 is 16.6 Å². The van der Waals surface area contributed by atoms with Gasteiger partial charge in [-0.05, 0) is 30.3 Å². The van der Waals surface area contributed by atoms with E-state index in [4.69, 9.17) is 5.73 Å². The van der Waals surface area contributed by atoms with E-state index in [2.05, 4.69) is 5.32 Å². The van der Waals surface area contributed by atoms with Gasteiger partial charge < -0.3 is 15.6 Å². The molecule has 3 N–H and O–H groups in total. The molecule has 2 rings (SSSR count). The van der Waals surface area contributed by atoms with Gasteiger partial charge in [0.2, 0.25) is 21.8 Å². The highest BCUT2D eigenvalue weighted by molar-refractivity contribution is 7.89. The van der Waals surface area contributed by atoms with Crippen molar-refractivity contribution in [2.45, 2.75) is 25.3 Å². The number of pyridine rings is 1. The number of amides is 2. The molecule has 0 unspecified atom stereocenters. The maximum Gasteiger partial charge on any atom is 0.251 e. The number of nitrogens with two attached hydrogens (primary N) is 1. The van der Waals surface area contributed by atoms with Crippen LogP contribution in [0.5, 0.6) is 0 Å². The molecule has 2 amide bonds. The molecule has 2 aromatic rings. The minimum absolute atomic E-state index is 0.0607. The molecule has 1 heterocycles. The Hall–Kier alpha value is -2.98. The van der Waals surface area contributed by atoms with Crippen LogP contribution in [0.4, 0.5) is 5.69 Å². The van der Waals surface area contributed by atoms with Gasteiger partial charge in [0.1, 0.15) is 6.54 Å². The highest BCUT2D eigenvalue weighted by Gasteiger charge is 2.22. The van der Waals surface area contributed by atoms with Gasteiger partial charge in [-0.15, -0.1) is 0 Å². The predicted molar refractivity (Wildman–Crippen MR) is 104 cm³/mol. The number of carbonyl (C=O) groups is 2. The number of primary amides is 1. The highest BCUT2D eigenvalue weighted by Crippen LogP contribution is 2.14. The van der Waals surface area contributed by atoms with Crippen molar-refractivity contribution in [3.8, 4) is 0 Å². The fraction of sp³-hybridized carbons (Fsp3) is 0.278. The summed E-state index contributed by atoms with van der Waals surface area (Å²) in [5, 5.41) is 2.58. The SMILES string of the molecule is CCN(CC)S(=O)(=O)c1ccc(=O)n(CC(=O)Nc2ccc(C(N)=O)cc2)c1. The topological polar surface area (TPSA) is 132 Å². The maximum absolute atomic E-state index is 12.6. The second-order valence-electron chi connectivity index (χ2n) is 5.91. The van der Waals surface area contributed by atoms with Gasteiger partial charge in [-0.25, -0.2) is 8.42 Å². The molecule has 1 aromatic heterocycles. The molecular formula is C18H22N4O5S. The van der Waals surface area contributed by atoms with Gasteiger partial charge in [0.25, 0.3) is 5.56 Å². The van der Waals surface area contributed by atoms with Gasteiger partial charge in [-0.1, -0.05) is 13.8 Å². The van der Waals surface area contributed by atoms with E-state index in [1.807, 2.05) is 0 Å². The van der Waals surface area contributed by atoms with Crippen molar-refractivity contribution < 1.29 is 18.0 Å². The van der Waals surface area contributed by atoms with Crippen LogP contribution in [-0.2, 0) is 21.4 Å². The minimum atomic E-state index is -3.75. The van der Waals surface area contributed by atoms with Crippen LogP contribution in [0, 0.1) is 0 Å². The number of rotatable bonds is 8. The first-order chi connectivity index (χ1) is 13.2. The van der Waals surface area contributed by atoms with E-state index < -0.39 is 27.4 Å². The molecule has 0 aliphatic carbocycles. The van der Waals surface area contributed by atoms with Gasteiger partial charge in [-0.2, -0.15) is 4.31 Å². The van der Waals surface area contributed by atoms with E-state index in [-0.39, 0.29) is 11.4 Å². The number of sulfonamides is 1. The third-order valence-corrected chi connectivity index (χ3v) is 6.10. The Morgan fingerprint density at radius 2 is 1.68 bits per heavy atom. The van der Waals surface area contributed by atoms with E-state index in [1.165, 1.54) is 34.6 Å². The van der Waals surface area contributed by atoms with Gasteiger partial charge in [-0.3, -0.25) is 14.4 Å². The summed E-state index contributed by atoms with van der Waals surface area (Å²) < 4.78 is 27.5. The summed E-state index contributed by atoms with van der Waals surface area (Å²) in [4.78, 5) is 35.3. The van der Waals surface area contributed by atoms with E-state index in [0.717, 1.165) is 16.8 Å². The lowest BCUT2D eigenvalue weighted by Crippen LogP contribution is -2.33. The molecule has 0 aliphatic rings. The third-order valence-electron chi connectivity index (χ3n) is 4.07. The van der Waals surface area contributed by atoms with Crippen molar-refractivity contribution in [3.63, 3.8) is 0 Å². The lowest BCUT2D eigenvalue weighted by atomic mass is 10.2. The van der Waals surface area contributed by atoms with Crippen molar-refractivity contribution in [1.82, 2.24) is 8.87 Å². The van der Waals surface area contributed by atoms with E-state index >= 15 is 0 Å². The zero-order valence-corrected chi connectivity index (χ0v) is 16.4. The van der Waals surface area contributed by atoms with Crippen LogP contribution in [0.1, 0.15) is 24.2 Å². The monoisotopic (exact) mass is 406 g/mol. The first-order valence-electron chi connectivity index (χ1n) is 8.59. The Morgan fingerprint density at radius 3 is 2.21 bits per heavy atom.